The molecule has 0 saturated heterocycles. The third-order valence-electron chi connectivity index (χ3n) is 2.59. The molecule has 0 aliphatic carbocycles. The minimum absolute atomic E-state index is 0.164. The zero-order valence-electron chi connectivity index (χ0n) is 11.9. The van der Waals surface area contributed by atoms with Crippen molar-refractivity contribution in [2.24, 2.45) is 0 Å². The first-order valence-electron chi connectivity index (χ1n) is 6.37. The van der Waals surface area contributed by atoms with Gasteiger partial charge in [0, 0.05) is 12.1 Å². The SMILES string of the molecule is CC.Cc1ccc(Oc2cc(F)c(F)cc2C)cc1F. The highest BCUT2D eigenvalue weighted by molar-refractivity contribution is 5.38. The third-order valence-corrected chi connectivity index (χ3v) is 2.59. The molecule has 108 valence electrons. The van der Waals surface area contributed by atoms with Crippen molar-refractivity contribution in [3.8, 4) is 11.5 Å². The van der Waals surface area contributed by atoms with Crippen LogP contribution in [-0.4, -0.2) is 0 Å². The molecule has 0 bridgehead atoms. The molecule has 0 unspecified atom stereocenters. The summed E-state index contributed by atoms with van der Waals surface area (Å²) in [5.74, 6) is -1.93. The van der Waals surface area contributed by atoms with Gasteiger partial charge in [0.2, 0.25) is 0 Å². The van der Waals surface area contributed by atoms with Crippen molar-refractivity contribution in [3.05, 3.63) is 58.9 Å². The van der Waals surface area contributed by atoms with Gasteiger partial charge in [-0.05, 0) is 37.1 Å². The molecule has 0 amide bonds. The van der Waals surface area contributed by atoms with Gasteiger partial charge in [-0.15, -0.1) is 0 Å². The summed E-state index contributed by atoms with van der Waals surface area (Å²) in [4.78, 5) is 0. The van der Waals surface area contributed by atoms with Gasteiger partial charge in [-0.1, -0.05) is 19.9 Å². The van der Waals surface area contributed by atoms with E-state index < -0.39 is 17.5 Å². The van der Waals surface area contributed by atoms with Crippen LogP contribution in [-0.2, 0) is 0 Å². The predicted octanol–water partition coefficient (Wildman–Crippen LogP) is 5.54. The van der Waals surface area contributed by atoms with Gasteiger partial charge >= 0.3 is 0 Å². The van der Waals surface area contributed by atoms with E-state index in [2.05, 4.69) is 0 Å². The van der Waals surface area contributed by atoms with Crippen LogP contribution in [0.5, 0.6) is 11.5 Å². The summed E-state index contributed by atoms with van der Waals surface area (Å²) in [5, 5.41) is 0. The standard InChI is InChI=1S/C14H11F3O.C2H6/c1-8-3-4-10(6-11(8)15)18-14-7-13(17)12(16)5-9(14)2;1-2/h3-7H,1-2H3;1-2H3. The number of ether oxygens (including phenoxy) is 1. The van der Waals surface area contributed by atoms with Gasteiger partial charge < -0.3 is 4.74 Å². The molecule has 2 rings (SSSR count). The van der Waals surface area contributed by atoms with Gasteiger partial charge in [-0.2, -0.15) is 0 Å². The van der Waals surface area contributed by atoms with E-state index >= 15 is 0 Å². The molecule has 0 heterocycles. The lowest BCUT2D eigenvalue weighted by Gasteiger charge is -2.09. The smallest absolute Gasteiger partial charge is 0.162 e. The highest BCUT2D eigenvalue weighted by atomic mass is 19.2. The largest absolute Gasteiger partial charge is 0.457 e. The molecule has 0 aliphatic heterocycles. The molecule has 0 saturated carbocycles. The molecule has 2 aromatic carbocycles. The minimum Gasteiger partial charge on any atom is -0.457 e. The van der Waals surface area contributed by atoms with Crippen LogP contribution < -0.4 is 4.74 Å². The fourth-order valence-corrected chi connectivity index (χ4v) is 1.50. The molecule has 20 heavy (non-hydrogen) atoms. The maximum Gasteiger partial charge on any atom is 0.162 e. The van der Waals surface area contributed by atoms with Crippen molar-refractivity contribution in [1.82, 2.24) is 0 Å². The lowest BCUT2D eigenvalue weighted by Crippen LogP contribution is -1.93. The molecular formula is C16H17F3O. The van der Waals surface area contributed by atoms with Crippen LogP contribution in [0.3, 0.4) is 0 Å². The molecule has 0 fully saturated rings. The molecule has 0 radical (unpaired) electrons. The van der Waals surface area contributed by atoms with Crippen LogP contribution in [0.15, 0.2) is 30.3 Å². The first-order chi connectivity index (χ1) is 9.47. The summed E-state index contributed by atoms with van der Waals surface area (Å²) < 4.78 is 44.6. The van der Waals surface area contributed by atoms with E-state index in [9.17, 15) is 13.2 Å². The Morgan fingerprint density at radius 1 is 0.750 bits per heavy atom. The Kier molecular flexibility index (Phi) is 5.62. The monoisotopic (exact) mass is 282 g/mol. The lowest BCUT2D eigenvalue weighted by atomic mass is 10.2. The molecule has 0 spiro atoms. The Morgan fingerprint density at radius 2 is 1.35 bits per heavy atom. The van der Waals surface area contributed by atoms with Crippen molar-refractivity contribution >= 4 is 0 Å². The van der Waals surface area contributed by atoms with Crippen molar-refractivity contribution < 1.29 is 17.9 Å². The summed E-state index contributed by atoms with van der Waals surface area (Å²) in [5.41, 5.74) is 0.930. The average Bonchev–Trinajstić information content (AvgIpc) is 2.42. The Labute approximate surface area is 117 Å². The highest BCUT2D eigenvalue weighted by Crippen LogP contribution is 2.28. The zero-order valence-corrected chi connectivity index (χ0v) is 11.9. The number of hydrogen-bond donors (Lipinski definition) is 0. The van der Waals surface area contributed by atoms with Gasteiger partial charge in [0.05, 0.1) is 0 Å². The first kappa shape index (κ1) is 16.1. The van der Waals surface area contributed by atoms with Crippen LogP contribution in [0.2, 0.25) is 0 Å². The highest BCUT2D eigenvalue weighted by Gasteiger charge is 2.09. The number of aryl methyl sites for hydroxylation is 2. The second kappa shape index (κ2) is 6.98. The minimum atomic E-state index is -0.997. The predicted molar refractivity (Wildman–Crippen MR) is 73.7 cm³/mol. The number of benzene rings is 2. The van der Waals surface area contributed by atoms with Crippen LogP contribution in [0.1, 0.15) is 25.0 Å². The summed E-state index contributed by atoms with van der Waals surface area (Å²) >= 11 is 0. The zero-order chi connectivity index (χ0) is 15.3. The topological polar surface area (TPSA) is 9.23 Å². The van der Waals surface area contributed by atoms with E-state index in [1.807, 2.05) is 13.8 Å². The molecular weight excluding hydrogens is 265 g/mol. The fraction of sp³-hybridized carbons (Fsp3) is 0.250. The first-order valence-corrected chi connectivity index (χ1v) is 6.37. The van der Waals surface area contributed by atoms with Gasteiger partial charge in [0.1, 0.15) is 17.3 Å². The second-order valence-corrected chi connectivity index (χ2v) is 4.04. The van der Waals surface area contributed by atoms with Crippen molar-refractivity contribution in [2.45, 2.75) is 27.7 Å². The number of halogens is 3. The van der Waals surface area contributed by atoms with Crippen LogP contribution in [0.25, 0.3) is 0 Å². The van der Waals surface area contributed by atoms with Crippen molar-refractivity contribution in [2.75, 3.05) is 0 Å². The summed E-state index contributed by atoms with van der Waals surface area (Å²) in [6, 6.07) is 6.31. The normalized spacial score (nSPS) is 9.75. The molecule has 0 aromatic heterocycles. The average molecular weight is 282 g/mol. The van der Waals surface area contributed by atoms with E-state index in [1.165, 1.54) is 6.07 Å². The van der Waals surface area contributed by atoms with Gasteiger partial charge in [0.25, 0.3) is 0 Å². The fourth-order valence-electron chi connectivity index (χ4n) is 1.50. The molecule has 0 N–H and O–H groups in total. The van der Waals surface area contributed by atoms with E-state index in [1.54, 1.807) is 26.0 Å². The van der Waals surface area contributed by atoms with Gasteiger partial charge in [-0.25, -0.2) is 13.2 Å². The Bertz CT molecular complexity index is 595. The number of rotatable bonds is 2. The lowest BCUT2D eigenvalue weighted by molar-refractivity contribution is 0.454. The third kappa shape index (κ3) is 3.76. The van der Waals surface area contributed by atoms with Crippen molar-refractivity contribution in [1.29, 1.82) is 0 Å². The van der Waals surface area contributed by atoms with Crippen LogP contribution >= 0.6 is 0 Å². The molecule has 0 atom stereocenters. The van der Waals surface area contributed by atoms with Crippen molar-refractivity contribution in [3.63, 3.8) is 0 Å². The Morgan fingerprint density at radius 3 is 1.95 bits per heavy atom. The van der Waals surface area contributed by atoms with Gasteiger partial charge in [0.15, 0.2) is 11.6 Å². The van der Waals surface area contributed by atoms with E-state index in [-0.39, 0.29) is 11.5 Å². The van der Waals surface area contributed by atoms with E-state index in [0.29, 0.717) is 11.1 Å². The second-order valence-electron chi connectivity index (χ2n) is 4.04. The molecule has 0 aliphatic rings. The maximum atomic E-state index is 13.3. The van der Waals surface area contributed by atoms with Crippen LogP contribution in [0.4, 0.5) is 13.2 Å². The molecule has 1 nitrogen and oxygen atoms in total. The summed E-state index contributed by atoms with van der Waals surface area (Å²) in [6.07, 6.45) is 0. The van der Waals surface area contributed by atoms with E-state index in [4.69, 9.17) is 4.74 Å². The Hall–Kier alpha value is -1.97. The quantitative estimate of drug-likeness (QED) is 0.702. The maximum absolute atomic E-state index is 13.3. The molecule has 4 heteroatoms. The molecule has 2 aromatic rings. The van der Waals surface area contributed by atoms with Gasteiger partial charge in [-0.3, -0.25) is 0 Å². The van der Waals surface area contributed by atoms with Crippen LogP contribution in [0, 0.1) is 31.3 Å². The summed E-state index contributed by atoms with van der Waals surface area (Å²) in [7, 11) is 0. The van der Waals surface area contributed by atoms with E-state index in [0.717, 1.165) is 12.1 Å². The summed E-state index contributed by atoms with van der Waals surface area (Å²) in [6.45, 7) is 7.21. The Balaban J connectivity index is 0.000000956. The number of hydrogen-bond acceptors (Lipinski definition) is 1.